The van der Waals surface area contributed by atoms with Gasteiger partial charge in [0.15, 0.2) is 0 Å². The summed E-state index contributed by atoms with van der Waals surface area (Å²) >= 11 is 3.43. The minimum atomic E-state index is -0.260. The third kappa shape index (κ3) is 3.07. The van der Waals surface area contributed by atoms with Crippen LogP contribution in [-0.2, 0) is 4.79 Å². The molecule has 20 heavy (non-hydrogen) atoms. The first-order valence-electron chi connectivity index (χ1n) is 7.23. The Labute approximate surface area is 129 Å². The summed E-state index contributed by atoms with van der Waals surface area (Å²) in [6, 6.07) is 8.14. The molecule has 0 saturated carbocycles. The van der Waals surface area contributed by atoms with Crippen LogP contribution in [0.5, 0.6) is 0 Å². The van der Waals surface area contributed by atoms with Crippen molar-refractivity contribution in [2.75, 3.05) is 13.1 Å². The molecule has 1 aromatic rings. The SMILES string of the molecule is CC(C)C1(C(=O)N[C@H](C)c2ccc(Br)cc2)CCNC1. The first kappa shape index (κ1) is 15.5. The molecule has 1 aliphatic rings. The third-order valence-corrected chi connectivity index (χ3v) is 4.99. The molecule has 2 atom stereocenters. The topological polar surface area (TPSA) is 41.1 Å². The summed E-state index contributed by atoms with van der Waals surface area (Å²) in [5.41, 5.74) is 0.871. The lowest BCUT2D eigenvalue weighted by molar-refractivity contribution is -0.133. The van der Waals surface area contributed by atoms with E-state index in [4.69, 9.17) is 0 Å². The Morgan fingerprint density at radius 1 is 1.30 bits per heavy atom. The van der Waals surface area contributed by atoms with Crippen molar-refractivity contribution >= 4 is 21.8 Å². The average molecular weight is 339 g/mol. The predicted octanol–water partition coefficient (Wildman–Crippen LogP) is 3.26. The van der Waals surface area contributed by atoms with Crippen LogP contribution in [0.15, 0.2) is 28.7 Å². The maximum absolute atomic E-state index is 12.7. The van der Waals surface area contributed by atoms with Gasteiger partial charge in [-0.05, 0) is 43.5 Å². The van der Waals surface area contributed by atoms with Crippen LogP contribution >= 0.6 is 15.9 Å². The van der Waals surface area contributed by atoms with Gasteiger partial charge in [-0.15, -0.1) is 0 Å². The van der Waals surface area contributed by atoms with Gasteiger partial charge in [-0.3, -0.25) is 4.79 Å². The zero-order valence-electron chi connectivity index (χ0n) is 12.4. The molecule has 0 aliphatic carbocycles. The molecule has 2 rings (SSSR count). The fraction of sp³-hybridized carbons (Fsp3) is 0.562. The number of halogens is 1. The smallest absolute Gasteiger partial charge is 0.228 e. The van der Waals surface area contributed by atoms with Crippen LogP contribution < -0.4 is 10.6 Å². The van der Waals surface area contributed by atoms with Crippen molar-refractivity contribution < 1.29 is 4.79 Å². The van der Waals surface area contributed by atoms with Crippen LogP contribution in [-0.4, -0.2) is 19.0 Å². The van der Waals surface area contributed by atoms with Gasteiger partial charge in [0, 0.05) is 11.0 Å². The van der Waals surface area contributed by atoms with Crippen LogP contribution in [0.3, 0.4) is 0 Å². The molecule has 1 unspecified atom stereocenters. The predicted molar refractivity (Wildman–Crippen MR) is 85.5 cm³/mol. The van der Waals surface area contributed by atoms with Crippen molar-refractivity contribution in [3.05, 3.63) is 34.3 Å². The summed E-state index contributed by atoms with van der Waals surface area (Å²) in [6.07, 6.45) is 0.920. The van der Waals surface area contributed by atoms with Gasteiger partial charge in [0.05, 0.1) is 11.5 Å². The van der Waals surface area contributed by atoms with Crippen molar-refractivity contribution in [2.24, 2.45) is 11.3 Å². The normalized spacial score (nSPS) is 23.9. The summed E-state index contributed by atoms with van der Waals surface area (Å²) in [5, 5.41) is 6.51. The van der Waals surface area contributed by atoms with E-state index in [0.29, 0.717) is 5.92 Å². The van der Waals surface area contributed by atoms with E-state index < -0.39 is 0 Å². The maximum atomic E-state index is 12.7. The summed E-state index contributed by atoms with van der Waals surface area (Å²) in [7, 11) is 0. The van der Waals surface area contributed by atoms with E-state index in [9.17, 15) is 4.79 Å². The molecule has 1 fully saturated rings. The van der Waals surface area contributed by atoms with Gasteiger partial charge in [-0.25, -0.2) is 0 Å². The van der Waals surface area contributed by atoms with E-state index in [1.165, 1.54) is 0 Å². The van der Waals surface area contributed by atoms with Crippen molar-refractivity contribution in [3.63, 3.8) is 0 Å². The van der Waals surface area contributed by atoms with Crippen LogP contribution in [0.2, 0.25) is 0 Å². The van der Waals surface area contributed by atoms with Gasteiger partial charge in [0.25, 0.3) is 0 Å². The van der Waals surface area contributed by atoms with Crippen LogP contribution in [0.4, 0.5) is 0 Å². The lowest BCUT2D eigenvalue weighted by Crippen LogP contribution is -2.46. The van der Waals surface area contributed by atoms with Crippen molar-refractivity contribution in [2.45, 2.75) is 33.2 Å². The van der Waals surface area contributed by atoms with Gasteiger partial charge < -0.3 is 10.6 Å². The summed E-state index contributed by atoms with van der Waals surface area (Å²) in [6.45, 7) is 8.02. The van der Waals surface area contributed by atoms with E-state index in [2.05, 4.69) is 40.4 Å². The molecule has 0 bridgehead atoms. The van der Waals surface area contributed by atoms with Crippen LogP contribution in [0.1, 0.15) is 38.8 Å². The number of benzene rings is 1. The fourth-order valence-corrected chi connectivity index (χ4v) is 3.10. The zero-order valence-corrected chi connectivity index (χ0v) is 14.0. The minimum Gasteiger partial charge on any atom is -0.349 e. The molecule has 1 heterocycles. The van der Waals surface area contributed by atoms with Gasteiger partial charge in [0.2, 0.25) is 5.91 Å². The molecule has 0 spiro atoms. The molecule has 0 aromatic heterocycles. The number of rotatable bonds is 4. The number of amides is 1. The second kappa shape index (κ2) is 6.27. The monoisotopic (exact) mass is 338 g/mol. The molecule has 110 valence electrons. The van der Waals surface area contributed by atoms with Gasteiger partial charge in [0.1, 0.15) is 0 Å². The number of carbonyl (C=O) groups is 1. The quantitative estimate of drug-likeness (QED) is 0.884. The standard InChI is InChI=1S/C16H23BrN2O/c1-11(2)16(8-9-18-10-16)15(20)19-12(3)13-4-6-14(17)7-5-13/h4-7,11-12,18H,8-10H2,1-3H3,(H,19,20)/t12-,16?/m1/s1. The van der Waals surface area contributed by atoms with E-state index in [1.54, 1.807) is 0 Å². The zero-order chi connectivity index (χ0) is 14.8. The first-order valence-corrected chi connectivity index (χ1v) is 8.02. The Morgan fingerprint density at radius 2 is 1.95 bits per heavy atom. The van der Waals surface area contributed by atoms with Crippen LogP contribution in [0, 0.1) is 11.3 Å². The highest BCUT2D eigenvalue weighted by molar-refractivity contribution is 9.10. The Kier molecular flexibility index (Phi) is 4.86. The molecule has 2 N–H and O–H groups in total. The number of hydrogen-bond acceptors (Lipinski definition) is 2. The molecular weight excluding hydrogens is 316 g/mol. The summed E-state index contributed by atoms with van der Waals surface area (Å²) in [5.74, 6) is 0.516. The second-order valence-electron chi connectivity index (χ2n) is 5.98. The Bertz CT molecular complexity index is 464. The van der Waals surface area contributed by atoms with E-state index >= 15 is 0 Å². The highest BCUT2D eigenvalue weighted by Gasteiger charge is 2.44. The van der Waals surface area contributed by atoms with E-state index in [1.807, 2.05) is 31.2 Å². The molecule has 1 aromatic carbocycles. The molecule has 0 radical (unpaired) electrons. The Hall–Kier alpha value is -0.870. The number of hydrogen-bond donors (Lipinski definition) is 2. The highest BCUT2D eigenvalue weighted by Crippen LogP contribution is 2.35. The average Bonchev–Trinajstić information content (AvgIpc) is 2.90. The third-order valence-electron chi connectivity index (χ3n) is 4.46. The summed E-state index contributed by atoms with van der Waals surface area (Å²) in [4.78, 5) is 12.7. The Balaban J connectivity index is 2.08. The van der Waals surface area contributed by atoms with Gasteiger partial charge in [-0.2, -0.15) is 0 Å². The largest absolute Gasteiger partial charge is 0.349 e. The van der Waals surface area contributed by atoms with Crippen molar-refractivity contribution in [3.8, 4) is 0 Å². The molecular formula is C16H23BrN2O. The molecule has 1 aliphatic heterocycles. The molecule has 3 nitrogen and oxygen atoms in total. The lowest BCUT2D eigenvalue weighted by Gasteiger charge is -2.32. The van der Waals surface area contributed by atoms with E-state index in [0.717, 1.165) is 29.5 Å². The molecule has 1 amide bonds. The van der Waals surface area contributed by atoms with E-state index in [-0.39, 0.29) is 17.4 Å². The molecule has 1 saturated heterocycles. The van der Waals surface area contributed by atoms with Crippen molar-refractivity contribution in [1.82, 2.24) is 10.6 Å². The minimum absolute atomic E-state index is 0.0341. The summed E-state index contributed by atoms with van der Waals surface area (Å²) < 4.78 is 1.05. The Morgan fingerprint density at radius 3 is 2.45 bits per heavy atom. The van der Waals surface area contributed by atoms with Crippen molar-refractivity contribution in [1.29, 1.82) is 0 Å². The van der Waals surface area contributed by atoms with Gasteiger partial charge in [-0.1, -0.05) is 41.9 Å². The first-order chi connectivity index (χ1) is 9.45. The van der Waals surface area contributed by atoms with Crippen LogP contribution in [0.25, 0.3) is 0 Å². The highest BCUT2D eigenvalue weighted by atomic mass is 79.9. The second-order valence-corrected chi connectivity index (χ2v) is 6.90. The van der Waals surface area contributed by atoms with Gasteiger partial charge >= 0.3 is 0 Å². The number of carbonyl (C=O) groups excluding carboxylic acids is 1. The lowest BCUT2D eigenvalue weighted by atomic mass is 9.75. The maximum Gasteiger partial charge on any atom is 0.228 e. The fourth-order valence-electron chi connectivity index (χ4n) is 2.84. The molecule has 4 heteroatoms. The number of nitrogens with one attached hydrogen (secondary N) is 2.